The van der Waals surface area contributed by atoms with Gasteiger partial charge in [-0.15, -0.1) is 0 Å². The smallest absolute Gasteiger partial charge is 0.329 e. The summed E-state index contributed by atoms with van der Waals surface area (Å²) < 4.78 is 20.9. The first kappa shape index (κ1) is 48.2. The number of piperazine rings is 1. The molecule has 4 atom stereocenters. The zero-order valence-corrected chi connectivity index (χ0v) is 41.7. The van der Waals surface area contributed by atoms with E-state index in [0.29, 0.717) is 61.1 Å². The maximum absolute atomic E-state index is 16.2. The molecule has 15 nitrogen and oxygen atoms in total. The molecule has 10 rings (SSSR count). The lowest BCUT2D eigenvalue weighted by Gasteiger charge is -2.42. The minimum absolute atomic E-state index is 0.0813. The molecule has 1 unspecified atom stereocenters. The number of likely N-dealkylation sites (tertiary alicyclic amines) is 1. The molecule has 71 heavy (non-hydrogen) atoms. The molecule has 372 valence electrons. The van der Waals surface area contributed by atoms with Crippen LogP contribution in [0.4, 0.5) is 10.1 Å². The van der Waals surface area contributed by atoms with Crippen LogP contribution in [0.1, 0.15) is 103 Å². The molecule has 0 spiro atoms. The van der Waals surface area contributed by atoms with Crippen LogP contribution in [0, 0.1) is 18.7 Å². The number of imide groups is 1. The van der Waals surface area contributed by atoms with Gasteiger partial charge in [0.2, 0.25) is 11.8 Å². The van der Waals surface area contributed by atoms with Crippen molar-refractivity contribution in [2.75, 3.05) is 64.7 Å². The van der Waals surface area contributed by atoms with Crippen molar-refractivity contribution in [3.63, 3.8) is 0 Å². The highest BCUT2D eigenvalue weighted by Crippen LogP contribution is 2.41. The third kappa shape index (κ3) is 9.21. The number of aryl methyl sites for hydroxylation is 2. The van der Waals surface area contributed by atoms with Gasteiger partial charge in [0.25, 0.3) is 11.5 Å². The summed E-state index contributed by atoms with van der Waals surface area (Å²) in [4.78, 5) is 78.7. The number of piperidine rings is 2. The van der Waals surface area contributed by atoms with Gasteiger partial charge in [-0.2, -0.15) is 0 Å². The van der Waals surface area contributed by atoms with E-state index in [1.165, 1.54) is 16.2 Å². The molecular formula is C55H65FN10O5. The second-order valence-corrected chi connectivity index (χ2v) is 20.5. The van der Waals surface area contributed by atoms with Crippen LogP contribution in [0.15, 0.2) is 82.2 Å². The molecule has 3 saturated heterocycles. The summed E-state index contributed by atoms with van der Waals surface area (Å²) >= 11 is 0. The normalized spacial score (nSPS) is 22.1. The SMILES string of the molecule is CNc1ccn(-c2ccnc3c2C=C([C@H](C)N2CC=C(c4c(C)cc(C(=O)N5CCC(CN6CCN(Cc7ccc8c(c7)n(C)c(=O)n8C7CCC(=O)NC7=O)C[C@@H]6C)CC5)cc4F)CC2)[C@H]3C)c(=O)c1. The summed E-state index contributed by atoms with van der Waals surface area (Å²) in [7, 11) is 3.52. The average molecular weight is 965 g/mol. The second kappa shape index (κ2) is 19.6. The molecule has 5 aliphatic rings. The molecule has 3 fully saturated rings. The Morgan fingerprint density at radius 2 is 1.75 bits per heavy atom. The molecule has 2 N–H and O–H groups in total. The third-order valence-electron chi connectivity index (χ3n) is 16.1. The Morgan fingerprint density at radius 3 is 2.45 bits per heavy atom. The molecule has 3 aromatic heterocycles. The van der Waals surface area contributed by atoms with Gasteiger partial charge in [-0.05, 0) is 117 Å². The fourth-order valence-corrected chi connectivity index (χ4v) is 12.0. The summed E-state index contributed by atoms with van der Waals surface area (Å²) in [6, 6.07) is 14.4. The first-order valence-electron chi connectivity index (χ1n) is 25.3. The van der Waals surface area contributed by atoms with Crippen LogP contribution in [0.3, 0.4) is 0 Å². The van der Waals surface area contributed by atoms with Crippen molar-refractivity contribution in [2.45, 2.75) is 90.4 Å². The maximum atomic E-state index is 16.2. The summed E-state index contributed by atoms with van der Waals surface area (Å²) in [6.07, 6.45) is 10.9. The van der Waals surface area contributed by atoms with E-state index in [1.807, 2.05) is 48.2 Å². The molecule has 5 aromatic rings. The van der Waals surface area contributed by atoms with E-state index in [-0.39, 0.29) is 47.3 Å². The van der Waals surface area contributed by atoms with Crippen molar-refractivity contribution in [3.05, 3.63) is 133 Å². The number of carbonyl (C=O) groups excluding carboxylic acids is 3. The Bertz CT molecular complexity index is 3100. The van der Waals surface area contributed by atoms with E-state index in [1.54, 1.807) is 41.7 Å². The van der Waals surface area contributed by atoms with Crippen molar-refractivity contribution in [1.29, 1.82) is 0 Å². The molecule has 16 heteroatoms. The lowest BCUT2D eigenvalue weighted by atomic mass is 9.91. The Morgan fingerprint density at radius 1 is 0.944 bits per heavy atom. The highest BCUT2D eigenvalue weighted by Gasteiger charge is 2.35. The van der Waals surface area contributed by atoms with Crippen molar-refractivity contribution in [3.8, 4) is 5.69 Å². The van der Waals surface area contributed by atoms with E-state index in [9.17, 15) is 24.0 Å². The van der Waals surface area contributed by atoms with Gasteiger partial charge in [0.1, 0.15) is 11.9 Å². The minimum atomic E-state index is -0.706. The zero-order chi connectivity index (χ0) is 49.8. The summed E-state index contributed by atoms with van der Waals surface area (Å²) in [5.41, 5.74) is 9.68. The lowest BCUT2D eigenvalue weighted by molar-refractivity contribution is -0.135. The number of halogens is 1. The number of rotatable bonds is 11. The van der Waals surface area contributed by atoms with Gasteiger partial charge in [-0.1, -0.05) is 19.1 Å². The number of hydrogen-bond acceptors (Lipinski definition) is 10. The first-order chi connectivity index (χ1) is 34.2. The topological polar surface area (TPSA) is 150 Å². The van der Waals surface area contributed by atoms with Crippen LogP contribution in [-0.2, 0) is 23.2 Å². The number of nitrogens with one attached hydrogen (secondary N) is 2. The van der Waals surface area contributed by atoms with Crippen LogP contribution < -0.4 is 21.9 Å². The van der Waals surface area contributed by atoms with Crippen molar-refractivity contribution in [1.82, 2.24) is 43.6 Å². The van der Waals surface area contributed by atoms with E-state index < -0.39 is 11.9 Å². The fourth-order valence-electron chi connectivity index (χ4n) is 12.0. The van der Waals surface area contributed by atoms with Gasteiger partial charge in [-0.3, -0.25) is 57.9 Å². The zero-order valence-electron chi connectivity index (χ0n) is 41.7. The third-order valence-corrected chi connectivity index (χ3v) is 16.1. The summed E-state index contributed by atoms with van der Waals surface area (Å²) in [5, 5.41) is 5.41. The van der Waals surface area contributed by atoms with Crippen LogP contribution in [0.2, 0.25) is 0 Å². The lowest BCUT2D eigenvalue weighted by Crippen LogP contribution is -2.53. The van der Waals surface area contributed by atoms with Gasteiger partial charge < -0.3 is 10.2 Å². The number of amides is 3. The molecule has 2 aromatic carbocycles. The average Bonchev–Trinajstić information content (AvgIpc) is 3.83. The number of benzene rings is 2. The number of imidazole rings is 1. The molecule has 0 saturated carbocycles. The van der Waals surface area contributed by atoms with E-state index >= 15 is 4.39 Å². The number of fused-ring (bicyclic) bond motifs is 2. The number of hydrogen-bond donors (Lipinski definition) is 2. The van der Waals surface area contributed by atoms with Crippen molar-refractivity contribution < 1.29 is 18.8 Å². The van der Waals surface area contributed by atoms with Gasteiger partial charge in [0, 0.05) is 138 Å². The van der Waals surface area contributed by atoms with Crippen molar-refractivity contribution in [2.24, 2.45) is 13.0 Å². The maximum Gasteiger partial charge on any atom is 0.329 e. The highest BCUT2D eigenvalue weighted by molar-refractivity contribution is 6.00. The Hall–Kier alpha value is -6.49. The molecule has 4 aliphatic heterocycles. The molecule has 3 amide bonds. The van der Waals surface area contributed by atoms with E-state index in [4.69, 9.17) is 4.98 Å². The number of aromatic nitrogens is 4. The standard InChI is InChI=1S/C55H65FN10O5/c1-33-25-40(27-44(56)51(33)39-14-20-62(21-15-39)36(4)42-29-43-45(11-17-58-52(43)35(42)3)65-22-16-41(57-5)28-50(65)68)54(70)63-18-12-37(13-19-63)32-64-24-23-61(30-34(64)2)31-38-7-8-46-48(26-38)60(6)55(71)66(46)47-9-10-49(67)59-53(47)69/h7-8,11,14,16-17,22,25-29,34-37,47,57H,9-10,12-13,15,18-21,23-24,30-32H2,1-6H3,(H,59,67,69)/t34-,35+,36-,47?/m0/s1. The molecule has 7 heterocycles. The number of carbonyl (C=O) groups is 3. The second-order valence-electron chi connectivity index (χ2n) is 20.5. The molecular weight excluding hydrogens is 900 g/mol. The van der Waals surface area contributed by atoms with E-state index in [2.05, 4.69) is 58.3 Å². The van der Waals surface area contributed by atoms with Gasteiger partial charge in [0.05, 0.1) is 22.4 Å². The monoisotopic (exact) mass is 965 g/mol. The Kier molecular flexibility index (Phi) is 13.3. The van der Waals surface area contributed by atoms with Crippen LogP contribution in [-0.4, -0.2) is 127 Å². The van der Waals surface area contributed by atoms with Gasteiger partial charge in [-0.25, -0.2) is 9.18 Å². The van der Waals surface area contributed by atoms with Crippen LogP contribution in [0.5, 0.6) is 0 Å². The Balaban J connectivity index is 0.713. The predicted octanol–water partition coefficient (Wildman–Crippen LogP) is 6.09. The molecule has 1 aliphatic carbocycles. The van der Waals surface area contributed by atoms with E-state index in [0.717, 1.165) is 97.0 Å². The minimum Gasteiger partial charge on any atom is -0.388 e. The molecule has 0 bridgehead atoms. The molecule has 0 radical (unpaired) electrons. The number of nitrogens with zero attached hydrogens (tertiary/aromatic N) is 8. The quantitative estimate of drug-likeness (QED) is 0.149. The van der Waals surface area contributed by atoms with Gasteiger partial charge >= 0.3 is 5.69 Å². The fraction of sp³-hybridized carbons (Fsp3) is 0.455. The first-order valence-corrected chi connectivity index (χ1v) is 25.3. The highest BCUT2D eigenvalue weighted by atomic mass is 19.1. The summed E-state index contributed by atoms with van der Waals surface area (Å²) in [5.74, 6) is -0.652. The number of pyridine rings is 2. The Labute approximate surface area is 413 Å². The van der Waals surface area contributed by atoms with Gasteiger partial charge in [0.15, 0.2) is 0 Å². The number of anilines is 1. The predicted molar refractivity (Wildman–Crippen MR) is 274 cm³/mol. The summed E-state index contributed by atoms with van der Waals surface area (Å²) in [6.45, 7) is 15.8. The van der Waals surface area contributed by atoms with Crippen LogP contribution >= 0.6 is 0 Å². The largest absolute Gasteiger partial charge is 0.388 e. The van der Waals surface area contributed by atoms with Crippen LogP contribution in [0.25, 0.3) is 28.4 Å². The van der Waals surface area contributed by atoms with Crippen molar-refractivity contribution >= 4 is 46.1 Å².